The average Bonchev–Trinajstić information content (AvgIpc) is 2.71. The van der Waals surface area contributed by atoms with Gasteiger partial charge in [0.05, 0.1) is 0 Å². The molecule has 1 N–H and O–H groups in total. The van der Waals surface area contributed by atoms with Crippen LogP contribution in [0.4, 0.5) is 5.69 Å². The smallest absolute Gasteiger partial charge is 0.193 e. The van der Waals surface area contributed by atoms with Crippen molar-refractivity contribution in [1.29, 1.82) is 0 Å². The highest BCUT2D eigenvalue weighted by Gasteiger charge is 2.22. The Morgan fingerprint density at radius 2 is 1.71 bits per heavy atom. The number of nitrogens with one attached hydrogen (secondary N) is 1. The van der Waals surface area contributed by atoms with E-state index in [4.69, 9.17) is 4.74 Å². The van der Waals surface area contributed by atoms with Crippen molar-refractivity contribution in [2.45, 2.75) is 25.5 Å². The number of anilines is 1. The Morgan fingerprint density at radius 3 is 2.29 bits per heavy atom. The second kappa shape index (κ2) is 11.1. The summed E-state index contributed by atoms with van der Waals surface area (Å²) >= 11 is 0. The lowest BCUT2D eigenvalue weighted by Crippen LogP contribution is -2.47. The van der Waals surface area contributed by atoms with Gasteiger partial charge in [0.2, 0.25) is 0 Å². The average molecular weight is 494 g/mol. The molecule has 0 saturated carbocycles. The monoisotopic (exact) mass is 494 g/mol. The van der Waals surface area contributed by atoms with Gasteiger partial charge in [-0.25, -0.2) is 0 Å². The second-order valence-electron chi connectivity index (χ2n) is 7.08. The van der Waals surface area contributed by atoms with Crippen LogP contribution in [0.15, 0.2) is 59.6 Å². The Labute approximate surface area is 185 Å². The van der Waals surface area contributed by atoms with E-state index in [1.807, 2.05) is 37.4 Å². The van der Waals surface area contributed by atoms with Gasteiger partial charge in [-0.05, 0) is 29.8 Å². The highest BCUT2D eigenvalue weighted by molar-refractivity contribution is 14.0. The summed E-state index contributed by atoms with van der Waals surface area (Å²) in [5.74, 6) is 1.92. The normalized spacial score (nSPS) is 15.0. The topological polar surface area (TPSA) is 40.1 Å². The molecular weight excluding hydrogens is 463 g/mol. The molecule has 0 spiro atoms. The van der Waals surface area contributed by atoms with Crippen LogP contribution in [0.2, 0.25) is 0 Å². The minimum Gasteiger partial charge on any atom is -0.490 e. The van der Waals surface area contributed by atoms with Crippen LogP contribution < -0.4 is 15.0 Å². The Bertz CT molecular complexity index is 726. The summed E-state index contributed by atoms with van der Waals surface area (Å²) in [4.78, 5) is 8.89. The number of para-hydroxylation sites is 1. The Balaban J connectivity index is 0.00000280. The number of piperidine rings is 1. The van der Waals surface area contributed by atoms with Crippen molar-refractivity contribution in [3.63, 3.8) is 0 Å². The Kier molecular flexibility index (Phi) is 8.89. The van der Waals surface area contributed by atoms with Crippen LogP contribution >= 0.6 is 24.0 Å². The largest absolute Gasteiger partial charge is 0.490 e. The third-order valence-electron chi connectivity index (χ3n) is 4.90. The van der Waals surface area contributed by atoms with Crippen molar-refractivity contribution in [2.75, 3.05) is 39.1 Å². The van der Waals surface area contributed by atoms with Crippen molar-refractivity contribution in [2.24, 2.45) is 4.99 Å². The molecule has 3 rings (SSSR count). The molecule has 0 radical (unpaired) electrons. The molecule has 1 aliphatic heterocycles. The van der Waals surface area contributed by atoms with Crippen molar-refractivity contribution < 1.29 is 4.74 Å². The maximum Gasteiger partial charge on any atom is 0.193 e. The SMILES string of the molecule is CN=C(NCc1ccc(N(C)C)cc1)N1CCC(Oc2ccccc2)CC1.I. The fraction of sp³-hybridized carbons (Fsp3) is 0.409. The zero-order chi connectivity index (χ0) is 19.1. The first-order valence-corrected chi connectivity index (χ1v) is 9.59. The zero-order valence-electron chi connectivity index (χ0n) is 17.0. The first-order chi connectivity index (χ1) is 13.2. The summed E-state index contributed by atoms with van der Waals surface area (Å²) in [5, 5.41) is 3.49. The first-order valence-electron chi connectivity index (χ1n) is 9.59. The molecule has 1 aliphatic rings. The lowest BCUT2D eigenvalue weighted by Gasteiger charge is -2.34. The van der Waals surface area contributed by atoms with Crippen LogP contribution in [0.1, 0.15) is 18.4 Å². The fourth-order valence-corrected chi connectivity index (χ4v) is 3.30. The number of halogens is 1. The van der Waals surface area contributed by atoms with E-state index in [-0.39, 0.29) is 30.1 Å². The summed E-state index contributed by atoms with van der Waals surface area (Å²) < 4.78 is 6.09. The zero-order valence-corrected chi connectivity index (χ0v) is 19.3. The highest BCUT2D eigenvalue weighted by Crippen LogP contribution is 2.19. The van der Waals surface area contributed by atoms with Gasteiger partial charge >= 0.3 is 0 Å². The third kappa shape index (κ3) is 6.29. The first kappa shape index (κ1) is 22.3. The van der Waals surface area contributed by atoms with Crippen LogP contribution in [-0.2, 0) is 6.54 Å². The van der Waals surface area contributed by atoms with Crippen molar-refractivity contribution in [3.8, 4) is 5.75 Å². The predicted octanol–water partition coefficient (Wildman–Crippen LogP) is 3.99. The number of guanidine groups is 1. The van der Waals surface area contributed by atoms with E-state index in [1.54, 1.807) is 0 Å². The van der Waals surface area contributed by atoms with Gasteiger partial charge in [-0.2, -0.15) is 0 Å². The van der Waals surface area contributed by atoms with E-state index >= 15 is 0 Å². The van der Waals surface area contributed by atoms with E-state index in [9.17, 15) is 0 Å². The van der Waals surface area contributed by atoms with E-state index in [0.717, 1.165) is 44.2 Å². The van der Waals surface area contributed by atoms with Gasteiger partial charge in [0.1, 0.15) is 11.9 Å². The van der Waals surface area contributed by atoms with Crippen LogP contribution in [0.3, 0.4) is 0 Å². The van der Waals surface area contributed by atoms with E-state index < -0.39 is 0 Å². The molecule has 0 bridgehead atoms. The highest BCUT2D eigenvalue weighted by atomic mass is 127. The standard InChI is InChI=1S/C22H30N4O.HI/c1-23-22(24-17-18-9-11-19(12-10-18)25(2)3)26-15-13-21(14-16-26)27-20-7-5-4-6-8-20;/h4-12,21H,13-17H2,1-3H3,(H,23,24);1H. The molecule has 2 aromatic carbocycles. The van der Waals surface area contributed by atoms with E-state index in [0.29, 0.717) is 0 Å². The second-order valence-corrected chi connectivity index (χ2v) is 7.08. The summed E-state index contributed by atoms with van der Waals surface area (Å²) in [6.07, 6.45) is 2.29. The quantitative estimate of drug-likeness (QED) is 0.388. The van der Waals surface area contributed by atoms with Crippen LogP contribution in [0, 0.1) is 0 Å². The number of hydrogen-bond donors (Lipinski definition) is 1. The summed E-state index contributed by atoms with van der Waals surface area (Å²) in [6, 6.07) is 18.7. The van der Waals surface area contributed by atoms with Gasteiger partial charge in [0.25, 0.3) is 0 Å². The number of aliphatic imine (C=N–C) groups is 1. The van der Waals surface area contributed by atoms with E-state index in [2.05, 4.69) is 58.5 Å². The van der Waals surface area contributed by atoms with Crippen LogP contribution in [0.25, 0.3) is 0 Å². The number of hydrogen-bond acceptors (Lipinski definition) is 3. The number of benzene rings is 2. The van der Waals surface area contributed by atoms with Gasteiger partial charge in [-0.1, -0.05) is 30.3 Å². The van der Waals surface area contributed by atoms with Crippen LogP contribution in [-0.4, -0.2) is 51.2 Å². The lowest BCUT2D eigenvalue weighted by molar-refractivity contribution is 0.129. The molecule has 28 heavy (non-hydrogen) atoms. The van der Waals surface area contributed by atoms with Crippen molar-refractivity contribution in [1.82, 2.24) is 10.2 Å². The third-order valence-corrected chi connectivity index (χ3v) is 4.90. The van der Waals surface area contributed by atoms with Crippen LogP contribution in [0.5, 0.6) is 5.75 Å². The molecule has 0 unspecified atom stereocenters. The fourth-order valence-electron chi connectivity index (χ4n) is 3.30. The maximum atomic E-state index is 6.09. The maximum absolute atomic E-state index is 6.09. The number of nitrogens with zero attached hydrogens (tertiary/aromatic N) is 3. The molecule has 1 heterocycles. The summed E-state index contributed by atoms with van der Waals surface area (Å²) in [7, 11) is 5.96. The molecule has 0 atom stereocenters. The summed E-state index contributed by atoms with van der Waals surface area (Å²) in [6.45, 7) is 2.69. The summed E-state index contributed by atoms with van der Waals surface area (Å²) in [5.41, 5.74) is 2.47. The number of likely N-dealkylation sites (tertiary alicyclic amines) is 1. The van der Waals surface area contributed by atoms with Crippen molar-refractivity contribution >= 4 is 35.6 Å². The molecule has 6 heteroatoms. The van der Waals surface area contributed by atoms with Crippen molar-refractivity contribution in [3.05, 3.63) is 60.2 Å². The number of rotatable bonds is 5. The Hall–Kier alpha value is -1.96. The molecule has 0 aliphatic carbocycles. The van der Waals surface area contributed by atoms with Gasteiger partial charge in [0, 0.05) is 59.3 Å². The molecule has 0 amide bonds. The molecule has 2 aromatic rings. The Morgan fingerprint density at radius 1 is 1.07 bits per heavy atom. The number of ether oxygens (including phenoxy) is 1. The van der Waals surface area contributed by atoms with Gasteiger partial charge in [-0.3, -0.25) is 4.99 Å². The van der Waals surface area contributed by atoms with Gasteiger partial charge in [-0.15, -0.1) is 24.0 Å². The lowest BCUT2D eigenvalue weighted by atomic mass is 10.1. The molecule has 5 nitrogen and oxygen atoms in total. The molecular formula is C22H31IN4O. The predicted molar refractivity (Wildman–Crippen MR) is 128 cm³/mol. The minimum absolute atomic E-state index is 0. The molecule has 0 aromatic heterocycles. The van der Waals surface area contributed by atoms with E-state index in [1.165, 1.54) is 11.3 Å². The van der Waals surface area contributed by atoms with Gasteiger partial charge < -0.3 is 19.9 Å². The minimum atomic E-state index is 0. The molecule has 1 fully saturated rings. The van der Waals surface area contributed by atoms with Gasteiger partial charge in [0.15, 0.2) is 5.96 Å². The molecule has 152 valence electrons. The molecule has 1 saturated heterocycles.